The van der Waals surface area contributed by atoms with Crippen molar-refractivity contribution < 1.29 is 38.1 Å². The minimum absolute atomic E-state index is 0.155. The van der Waals surface area contributed by atoms with Crippen molar-refractivity contribution >= 4 is 23.8 Å². The minimum Gasteiger partial charge on any atom is -0.463 e. The fourth-order valence-electron chi connectivity index (χ4n) is 3.80. The standard InChI is InChI=1S/C18H22N2O8/c1-9(21)25-8-13-15(26-10(2)22)18(28-11(3)23)14(16(18)27-13)20-6-4-5-12(7-20)17(19)24/h4,6-7,13-16H,5,8H2,1-3H3,(H2,19,24)/t13?,14?,15?,16?,18-/m1/s1. The zero-order valence-electron chi connectivity index (χ0n) is 15.7. The third-order valence-electron chi connectivity index (χ3n) is 4.81. The van der Waals surface area contributed by atoms with Gasteiger partial charge in [-0.25, -0.2) is 0 Å². The molecule has 1 saturated heterocycles. The van der Waals surface area contributed by atoms with Crippen LogP contribution in [-0.4, -0.2) is 65.3 Å². The first-order valence-corrected chi connectivity index (χ1v) is 8.77. The van der Waals surface area contributed by atoms with E-state index in [9.17, 15) is 19.2 Å². The predicted molar refractivity (Wildman–Crippen MR) is 92.0 cm³/mol. The Morgan fingerprint density at radius 3 is 2.50 bits per heavy atom. The first-order chi connectivity index (χ1) is 13.2. The maximum absolute atomic E-state index is 11.8. The van der Waals surface area contributed by atoms with Crippen LogP contribution in [0.15, 0.2) is 24.0 Å². The highest BCUT2D eigenvalue weighted by Gasteiger charge is 2.83. The van der Waals surface area contributed by atoms with Crippen molar-refractivity contribution in [1.82, 2.24) is 4.90 Å². The van der Waals surface area contributed by atoms with Crippen molar-refractivity contribution in [1.29, 1.82) is 0 Å². The van der Waals surface area contributed by atoms with Crippen LogP contribution >= 0.6 is 0 Å². The van der Waals surface area contributed by atoms with Gasteiger partial charge in [0.15, 0.2) is 6.10 Å². The average molecular weight is 394 g/mol. The van der Waals surface area contributed by atoms with E-state index in [2.05, 4.69) is 0 Å². The summed E-state index contributed by atoms with van der Waals surface area (Å²) in [5, 5.41) is 0. The van der Waals surface area contributed by atoms with Gasteiger partial charge in [0.05, 0.1) is 0 Å². The van der Waals surface area contributed by atoms with Crippen LogP contribution in [0.5, 0.6) is 0 Å². The van der Waals surface area contributed by atoms with Gasteiger partial charge in [0.2, 0.25) is 11.5 Å². The third kappa shape index (κ3) is 3.47. The lowest BCUT2D eigenvalue weighted by Crippen LogP contribution is -2.48. The average Bonchev–Trinajstić information content (AvgIpc) is 3.12. The van der Waals surface area contributed by atoms with Gasteiger partial charge in [-0.3, -0.25) is 19.2 Å². The van der Waals surface area contributed by atoms with E-state index < -0.39 is 53.8 Å². The van der Waals surface area contributed by atoms with Gasteiger partial charge < -0.3 is 29.6 Å². The van der Waals surface area contributed by atoms with Crippen molar-refractivity contribution in [3.05, 3.63) is 24.0 Å². The number of esters is 3. The van der Waals surface area contributed by atoms with Gasteiger partial charge in [0.25, 0.3) is 0 Å². The fraction of sp³-hybridized carbons (Fsp3) is 0.556. The minimum atomic E-state index is -1.29. The molecule has 0 aromatic rings. The summed E-state index contributed by atoms with van der Waals surface area (Å²) in [4.78, 5) is 47.8. The van der Waals surface area contributed by atoms with Gasteiger partial charge in [0, 0.05) is 38.7 Å². The van der Waals surface area contributed by atoms with Crippen LogP contribution in [0.3, 0.4) is 0 Å². The lowest BCUT2D eigenvalue weighted by Gasteiger charge is -2.31. The Balaban J connectivity index is 1.90. The van der Waals surface area contributed by atoms with Crippen LogP contribution in [0.2, 0.25) is 0 Å². The number of primary amides is 1. The summed E-state index contributed by atoms with van der Waals surface area (Å²) in [7, 11) is 0. The number of hydrogen-bond donors (Lipinski definition) is 1. The molecule has 28 heavy (non-hydrogen) atoms. The fourth-order valence-corrected chi connectivity index (χ4v) is 3.80. The maximum atomic E-state index is 11.8. The van der Waals surface area contributed by atoms with E-state index in [1.165, 1.54) is 20.8 Å². The zero-order chi connectivity index (χ0) is 20.6. The van der Waals surface area contributed by atoms with Crippen LogP contribution in [0.25, 0.3) is 0 Å². The Morgan fingerprint density at radius 1 is 1.21 bits per heavy atom. The molecule has 10 heteroatoms. The highest BCUT2D eigenvalue weighted by atomic mass is 16.7. The van der Waals surface area contributed by atoms with Crippen LogP contribution < -0.4 is 5.73 Å². The monoisotopic (exact) mass is 394 g/mol. The normalized spacial score (nSPS) is 32.8. The molecule has 10 nitrogen and oxygen atoms in total. The highest BCUT2D eigenvalue weighted by Crippen LogP contribution is 2.57. The molecule has 2 N–H and O–H groups in total. The van der Waals surface area contributed by atoms with Crippen molar-refractivity contribution in [3.63, 3.8) is 0 Å². The molecule has 4 unspecified atom stereocenters. The van der Waals surface area contributed by atoms with Crippen LogP contribution in [0, 0.1) is 0 Å². The Morgan fingerprint density at radius 2 is 1.93 bits per heavy atom. The quantitative estimate of drug-likeness (QED) is 0.468. The van der Waals surface area contributed by atoms with Gasteiger partial charge in [0.1, 0.15) is 24.9 Å². The van der Waals surface area contributed by atoms with Crippen molar-refractivity contribution in [3.8, 4) is 0 Å². The van der Waals surface area contributed by atoms with Crippen LogP contribution in [-0.2, 0) is 38.1 Å². The Kier molecular flexibility index (Phi) is 5.16. The smallest absolute Gasteiger partial charge is 0.303 e. The van der Waals surface area contributed by atoms with E-state index >= 15 is 0 Å². The van der Waals surface area contributed by atoms with E-state index in [0.29, 0.717) is 12.0 Å². The van der Waals surface area contributed by atoms with Crippen molar-refractivity contribution in [2.75, 3.05) is 6.61 Å². The van der Waals surface area contributed by atoms with E-state index in [0.717, 1.165) is 0 Å². The summed E-state index contributed by atoms with van der Waals surface area (Å²) in [6.07, 6.45) is 2.99. The lowest BCUT2D eigenvalue weighted by atomic mass is 10.1. The number of fused-ring (bicyclic) bond motifs is 1. The summed E-state index contributed by atoms with van der Waals surface area (Å²) in [6.45, 7) is 3.55. The number of carbonyl (C=O) groups excluding carboxylic acids is 4. The van der Waals surface area contributed by atoms with Gasteiger partial charge in [-0.15, -0.1) is 0 Å². The summed E-state index contributed by atoms with van der Waals surface area (Å²) >= 11 is 0. The third-order valence-corrected chi connectivity index (χ3v) is 4.81. The first-order valence-electron chi connectivity index (χ1n) is 8.77. The molecular formula is C18H22N2O8. The van der Waals surface area contributed by atoms with Crippen molar-refractivity contribution in [2.45, 2.75) is 57.1 Å². The van der Waals surface area contributed by atoms with Crippen LogP contribution in [0.4, 0.5) is 0 Å². The molecule has 1 amide bonds. The zero-order valence-corrected chi connectivity index (χ0v) is 15.7. The molecule has 3 aliphatic rings. The first kappa shape index (κ1) is 19.9. The van der Waals surface area contributed by atoms with E-state index in [1.807, 2.05) is 0 Å². The molecule has 2 aliphatic heterocycles. The second-order valence-corrected chi connectivity index (χ2v) is 6.87. The number of amides is 1. The summed E-state index contributed by atoms with van der Waals surface area (Å²) < 4.78 is 21.9. The molecular weight excluding hydrogens is 372 g/mol. The number of ether oxygens (including phenoxy) is 4. The molecule has 1 aliphatic carbocycles. The molecule has 0 aromatic heterocycles. The number of carbonyl (C=O) groups is 4. The molecule has 0 radical (unpaired) electrons. The van der Waals surface area contributed by atoms with Gasteiger partial charge in [-0.1, -0.05) is 6.08 Å². The lowest BCUT2D eigenvalue weighted by molar-refractivity contribution is -0.175. The Labute approximate surface area is 161 Å². The SMILES string of the molecule is CC(=O)OCC1OC2C(N3C=CCC(C(N)=O)=C3)[C@@]2(OC(C)=O)C1OC(C)=O. The molecule has 0 spiro atoms. The van der Waals surface area contributed by atoms with Gasteiger partial charge >= 0.3 is 17.9 Å². The number of nitrogens with two attached hydrogens (primary N) is 1. The van der Waals surface area contributed by atoms with Gasteiger partial charge in [-0.2, -0.15) is 0 Å². The second-order valence-electron chi connectivity index (χ2n) is 6.87. The molecule has 152 valence electrons. The summed E-state index contributed by atoms with van der Waals surface area (Å²) in [5.41, 5.74) is 4.45. The van der Waals surface area contributed by atoms with Crippen molar-refractivity contribution in [2.24, 2.45) is 5.73 Å². The molecule has 3 rings (SSSR count). The highest BCUT2D eigenvalue weighted by molar-refractivity contribution is 5.92. The molecule has 5 atom stereocenters. The summed E-state index contributed by atoms with van der Waals surface area (Å²) in [5.74, 6) is -2.26. The topological polar surface area (TPSA) is 134 Å². The molecule has 2 heterocycles. The molecule has 2 fully saturated rings. The van der Waals surface area contributed by atoms with E-state index in [-0.39, 0.29) is 6.61 Å². The predicted octanol–water partition coefficient (Wildman–Crippen LogP) is -0.479. The maximum Gasteiger partial charge on any atom is 0.303 e. The Bertz CT molecular complexity index is 776. The molecule has 0 bridgehead atoms. The molecule has 0 aromatic carbocycles. The number of hydrogen-bond acceptors (Lipinski definition) is 9. The number of allylic oxidation sites excluding steroid dienone is 1. The van der Waals surface area contributed by atoms with E-state index in [1.54, 1.807) is 23.4 Å². The number of nitrogens with zero attached hydrogens (tertiary/aromatic N) is 1. The second kappa shape index (κ2) is 7.27. The van der Waals surface area contributed by atoms with E-state index in [4.69, 9.17) is 24.7 Å². The largest absolute Gasteiger partial charge is 0.463 e. The molecule has 1 saturated carbocycles. The van der Waals surface area contributed by atoms with Crippen LogP contribution in [0.1, 0.15) is 27.2 Å². The number of rotatable bonds is 6. The summed E-state index contributed by atoms with van der Waals surface area (Å²) in [6, 6.07) is -0.528. The Hall–Kier alpha value is -2.88. The van der Waals surface area contributed by atoms with Gasteiger partial charge in [-0.05, 0) is 6.42 Å².